The van der Waals surface area contributed by atoms with Crippen LogP contribution in [0.5, 0.6) is 11.5 Å². The fourth-order valence-corrected chi connectivity index (χ4v) is 4.49. The lowest BCUT2D eigenvalue weighted by atomic mass is 9.84. The van der Waals surface area contributed by atoms with Crippen LogP contribution in [0.15, 0.2) is 61.2 Å². The van der Waals surface area contributed by atoms with Crippen LogP contribution < -0.4 is 25.2 Å². The number of likely N-dealkylation sites (tertiary alicyclic amines) is 1. The molecule has 3 heterocycles. The summed E-state index contributed by atoms with van der Waals surface area (Å²) in [4.78, 5) is 28.6. The van der Waals surface area contributed by atoms with Crippen molar-refractivity contribution in [2.75, 3.05) is 36.8 Å². The third-order valence-electron chi connectivity index (χ3n) is 5.97. The van der Waals surface area contributed by atoms with Gasteiger partial charge >= 0.3 is 0 Å². The predicted molar refractivity (Wildman–Crippen MR) is 116 cm³/mol. The Balaban J connectivity index is 1.39. The highest BCUT2D eigenvalue weighted by Crippen LogP contribution is 2.35. The van der Waals surface area contributed by atoms with E-state index in [1.165, 1.54) is 0 Å². The second-order valence-corrected chi connectivity index (χ2v) is 7.94. The van der Waals surface area contributed by atoms with Crippen LogP contribution in [0.1, 0.15) is 0 Å². The molecule has 3 aliphatic rings. The molecule has 2 saturated heterocycles. The molecule has 5 rings (SSSR count). The number of amides is 2. The summed E-state index contributed by atoms with van der Waals surface area (Å²) in [6.07, 6.45) is 1.80. The van der Waals surface area contributed by atoms with E-state index >= 15 is 0 Å². The van der Waals surface area contributed by atoms with Crippen LogP contribution in [0.25, 0.3) is 0 Å². The van der Waals surface area contributed by atoms with Gasteiger partial charge in [-0.05, 0) is 24.3 Å². The van der Waals surface area contributed by atoms with Gasteiger partial charge in [-0.3, -0.25) is 14.5 Å². The number of carbonyl (C=O) groups excluding carboxylic acids is 2. The van der Waals surface area contributed by atoms with Crippen molar-refractivity contribution in [1.82, 2.24) is 10.3 Å². The van der Waals surface area contributed by atoms with Crippen LogP contribution in [-0.4, -0.2) is 49.2 Å². The van der Waals surface area contributed by atoms with Crippen molar-refractivity contribution in [2.24, 2.45) is 11.8 Å². The minimum absolute atomic E-state index is 0.0224. The quantitative estimate of drug-likeness (QED) is 0.720. The normalized spacial score (nSPS) is 24.7. The van der Waals surface area contributed by atoms with E-state index in [-0.39, 0.29) is 30.6 Å². The maximum absolute atomic E-state index is 13.3. The average molecular weight is 420 g/mol. The van der Waals surface area contributed by atoms with E-state index in [4.69, 9.17) is 9.47 Å². The number of anilines is 2. The molecular formula is C23H24N4O4. The SMILES string of the molecule is C=CCN1CC(C(=O)Nc2ccc3c(c2)OCO3)C2NN(c3ccccc3)C(=O)C2C1. The fraction of sp³-hybridized carbons (Fsp3) is 0.304. The van der Waals surface area contributed by atoms with Crippen LogP contribution >= 0.6 is 0 Å². The maximum Gasteiger partial charge on any atom is 0.247 e. The van der Waals surface area contributed by atoms with Crippen molar-refractivity contribution in [3.8, 4) is 11.5 Å². The molecule has 0 aromatic heterocycles. The monoisotopic (exact) mass is 420 g/mol. The Morgan fingerprint density at radius 2 is 1.97 bits per heavy atom. The summed E-state index contributed by atoms with van der Waals surface area (Å²) in [5, 5.41) is 4.57. The molecule has 8 heteroatoms. The number of rotatable bonds is 5. The van der Waals surface area contributed by atoms with E-state index < -0.39 is 5.92 Å². The van der Waals surface area contributed by atoms with Gasteiger partial charge in [0.05, 0.1) is 23.6 Å². The summed E-state index contributed by atoms with van der Waals surface area (Å²) >= 11 is 0. The van der Waals surface area contributed by atoms with Gasteiger partial charge in [0.1, 0.15) is 0 Å². The summed E-state index contributed by atoms with van der Waals surface area (Å²) in [5.74, 6) is 0.373. The van der Waals surface area contributed by atoms with E-state index in [0.29, 0.717) is 36.8 Å². The molecule has 0 radical (unpaired) electrons. The van der Waals surface area contributed by atoms with E-state index in [0.717, 1.165) is 5.69 Å². The molecule has 2 aromatic rings. The van der Waals surface area contributed by atoms with Crippen molar-refractivity contribution in [3.63, 3.8) is 0 Å². The zero-order valence-corrected chi connectivity index (χ0v) is 17.0. The molecule has 2 N–H and O–H groups in total. The number of nitrogens with zero attached hydrogens (tertiary/aromatic N) is 2. The maximum atomic E-state index is 13.3. The third-order valence-corrected chi connectivity index (χ3v) is 5.97. The number of ether oxygens (including phenoxy) is 2. The van der Waals surface area contributed by atoms with Crippen LogP contribution in [0, 0.1) is 11.8 Å². The Morgan fingerprint density at radius 1 is 1.16 bits per heavy atom. The molecular weight excluding hydrogens is 396 g/mol. The summed E-state index contributed by atoms with van der Waals surface area (Å²) in [5.41, 5.74) is 4.71. The molecule has 8 nitrogen and oxygen atoms in total. The van der Waals surface area contributed by atoms with E-state index in [1.807, 2.05) is 30.3 Å². The minimum atomic E-state index is -0.415. The number of benzene rings is 2. The second kappa shape index (κ2) is 8.05. The Hall–Kier alpha value is -3.36. The van der Waals surface area contributed by atoms with Gasteiger partial charge in [-0.1, -0.05) is 24.3 Å². The first-order valence-corrected chi connectivity index (χ1v) is 10.3. The zero-order chi connectivity index (χ0) is 21.4. The van der Waals surface area contributed by atoms with Gasteiger partial charge in [-0.15, -0.1) is 6.58 Å². The molecule has 0 saturated carbocycles. The first kappa shape index (κ1) is 19.6. The van der Waals surface area contributed by atoms with Crippen molar-refractivity contribution >= 4 is 23.2 Å². The molecule has 31 heavy (non-hydrogen) atoms. The third kappa shape index (κ3) is 3.64. The first-order valence-electron chi connectivity index (χ1n) is 10.3. The van der Waals surface area contributed by atoms with Gasteiger partial charge in [0.2, 0.25) is 18.6 Å². The Bertz CT molecular complexity index is 1010. The molecule has 3 unspecified atom stereocenters. The molecule has 2 aromatic carbocycles. The largest absolute Gasteiger partial charge is 0.454 e. The van der Waals surface area contributed by atoms with Gasteiger partial charge in [0.15, 0.2) is 11.5 Å². The highest BCUT2D eigenvalue weighted by atomic mass is 16.7. The Morgan fingerprint density at radius 3 is 2.77 bits per heavy atom. The lowest BCUT2D eigenvalue weighted by Crippen LogP contribution is -2.56. The molecule has 160 valence electrons. The van der Waals surface area contributed by atoms with Crippen LogP contribution in [0.4, 0.5) is 11.4 Å². The molecule has 2 amide bonds. The topological polar surface area (TPSA) is 83.1 Å². The van der Waals surface area contributed by atoms with Crippen LogP contribution in [0.3, 0.4) is 0 Å². The summed E-state index contributed by atoms with van der Waals surface area (Å²) < 4.78 is 10.7. The molecule has 0 spiro atoms. The predicted octanol–water partition coefficient (Wildman–Crippen LogP) is 2.01. The van der Waals surface area contributed by atoms with Crippen LogP contribution in [0.2, 0.25) is 0 Å². The van der Waals surface area contributed by atoms with Gasteiger partial charge in [-0.25, -0.2) is 10.4 Å². The fourth-order valence-electron chi connectivity index (χ4n) is 4.49. The average Bonchev–Trinajstić information content (AvgIpc) is 3.38. The number of piperidine rings is 1. The van der Waals surface area contributed by atoms with E-state index in [1.54, 1.807) is 29.3 Å². The van der Waals surface area contributed by atoms with E-state index in [9.17, 15) is 9.59 Å². The number of hydrazine groups is 1. The Kier molecular flexibility index (Phi) is 5.09. The number of fused-ring (bicyclic) bond motifs is 2. The molecule has 2 fully saturated rings. The number of para-hydroxylation sites is 1. The number of carbonyl (C=O) groups is 2. The van der Waals surface area contributed by atoms with Gasteiger partial charge in [0.25, 0.3) is 0 Å². The lowest BCUT2D eigenvalue weighted by molar-refractivity contribution is -0.125. The van der Waals surface area contributed by atoms with Crippen molar-refractivity contribution < 1.29 is 19.1 Å². The Labute approximate surface area is 180 Å². The van der Waals surface area contributed by atoms with Crippen molar-refractivity contribution in [2.45, 2.75) is 6.04 Å². The number of nitrogens with one attached hydrogen (secondary N) is 2. The summed E-state index contributed by atoms with van der Waals surface area (Å²) in [7, 11) is 0. The smallest absolute Gasteiger partial charge is 0.247 e. The number of hydrogen-bond donors (Lipinski definition) is 2. The lowest BCUT2D eigenvalue weighted by Gasteiger charge is -2.37. The number of hydrogen-bond acceptors (Lipinski definition) is 6. The van der Waals surface area contributed by atoms with Crippen molar-refractivity contribution in [1.29, 1.82) is 0 Å². The minimum Gasteiger partial charge on any atom is -0.454 e. The second-order valence-electron chi connectivity index (χ2n) is 7.94. The summed E-state index contributed by atoms with van der Waals surface area (Å²) in [6.45, 7) is 5.73. The highest BCUT2D eigenvalue weighted by molar-refractivity contribution is 6.00. The molecule has 3 atom stereocenters. The molecule has 0 bridgehead atoms. The standard InChI is InChI=1S/C23H24N4O4/c1-2-10-26-12-17(22(28)24-15-8-9-19-20(11-15)31-14-30-19)21-18(13-26)23(29)27(25-21)16-6-4-3-5-7-16/h2-9,11,17-18,21,25H,1,10,12-14H2,(H,24,28). The van der Waals surface area contributed by atoms with Crippen LogP contribution in [-0.2, 0) is 9.59 Å². The molecule has 0 aliphatic carbocycles. The zero-order valence-electron chi connectivity index (χ0n) is 17.0. The van der Waals surface area contributed by atoms with Crippen molar-refractivity contribution in [3.05, 3.63) is 61.2 Å². The summed E-state index contributed by atoms with van der Waals surface area (Å²) in [6, 6.07) is 14.5. The van der Waals surface area contributed by atoms with Gasteiger partial charge < -0.3 is 14.8 Å². The molecule has 3 aliphatic heterocycles. The van der Waals surface area contributed by atoms with Gasteiger partial charge in [-0.2, -0.15) is 0 Å². The first-order chi connectivity index (χ1) is 15.1. The van der Waals surface area contributed by atoms with E-state index in [2.05, 4.69) is 22.2 Å². The highest BCUT2D eigenvalue weighted by Gasteiger charge is 2.50. The van der Waals surface area contributed by atoms with Gasteiger partial charge in [0, 0.05) is 31.4 Å².